The molecule has 0 amide bonds. The van der Waals surface area contributed by atoms with Gasteiger partial charge in [-0.25, -0.2) is 4.68 Å². The number of anilines is 2. The molecular weight excluding hydrogens is 238 g/mol. The molecule has 0 aliphatic carbocycles. The van der Waals surface area contributed by atoms with Crippen molar-refractivity contribution in [2.75, 3.05) is 23.7 Å². The highest BCUT2D eigenvalue weighted by Crippen LogP contribution is 2.27. The summed E-state index contributed by atoms with van der Waals surface area (Å²) in [7, 11) is 0. The second-order valence-electron chi connectivity index (χ2n) is 5.65. The summed E-state index contributed by atoms with van der Waals surface area (Å²) >= 11 is 0. The van der Waals surface area contributed by atoms with Crippen molar-refractivity contribution in [1.82, 2.24) is 9.78 Å². The number of aryl methyl sites for hydroxylation is 1. The van der Waals surface area contributed by atoms with Crippen LogP contribution in [0.4, 0.5) is 11.6 Å². The van der Waals surface area contributed by atoms with E-state index in [2.05, 4.69) is 29.9 Å². The molecule has 0 atom stereocenters. The van der Waals surface area contributed by atoms with Gasteiger partial charge < -0.3 is 10.6 Å². The van der Waals surface area contributed by atoms with Crippen molar-refractivity contribution in [3.05, 3.63) is 5.56 Å². The zero-order valence-electron chi connectivity index (χ0n) is 11.9. The minimum atomic E-state index is 0.517. The van der Waals surface area contributed by atoms with Gasteiger partial charge in [-0.15, -0.1) is 0 Å². The molecule has 0 bridgehead atoms. The fourth-order valence-corrected chi connectivity index (χ4v) is 2.45. The Morgan fingerprint density at radius 1 is 1.32 bits per heavy atom. The summed E-state index contributed by atoms with van der Waals surface area (Å²) in [5.74, 6) is 1.90. The summed E-state index contributed by atoms with van der Waals surface area (Å²) < 4.78 is 1.79. The fourth-order valence-electron chi connectivity index (χ4n) is 2.45. The predicted octanol–water partition coefficient (Wildman–Crippen LogP) is 2.37. The molecule has 104 valence electrons. The van der Waals surface area contributed by atoms with E-state index in [1.807, 2.05) is 0 Å². The summed E-state index contributed by atoms with van der Waals surface area (Å²) in [6, 6.07) is 2.22. The molecular formula is C14H23N5. The Labute approximate surface area is 115 Å². The van der Waals surface area contributed by atoms with Crippen molar-refractivity contribution in [3.8, 4) is 6.07 Å². The zero-order valence-corrected chi connectivity index (χ0v) is 11.9. The third-order valence-corrected chi connectivity index (χ3v) is 3.66. The third-order valence-electron chi connectivity index (χ3n) is 3.66. The first kappa shape index (κ1) is 13.7. The van der Waals surface area contributed by atoms with Crippen LogP contribution in [0.3, 0.4) is 0 Å². The van der Waals surface area contributed by atoms with Crippen LogP contribution in [-0.4, -0.2) is 22.9 Å². The van der Waals surface area contributed by atoms with Crippen LogP contribution < -0.4 is 10.6 Å². The Hall–Kier alpha value is -1.70. The van der Waals surface area contributed by atoms with Gasteiger partial charge in [0, 0.05) is 19.6 Å². The number of nitrogen functional groups attached to an aromatic ring is 1. The predicted molar refractivity (Wildman–Crippen MR) is 76.9 cm³/mol. The van der Waals surface area contributed by atoms with Crippen LogP contribution in [0.25, 0.3) is 0 Å². The van der Waals surface area contributed by atoms with Gasteiger partial charge >= 0.3 is 0 Å². The molecule has 1 aliphatic rings. The first-order valence-electron chi connectivity index (χ1n) is 7.14. The Morgan fingerprint density at radius 2 is 2.00 bits per heavy atom. The standard InChI is InChI=1S/C14H23N5/c1-11(2)6-9-19-13(16)12(10-15)14(17-19)18-7-4-3-5-8-18/h11H,3-9,16H2,1-2H3. The van der Waals surface area contributed by atoms with Gasteiger partial charge in [0.15, 0.2) is 5.82 Å². The van der Waals surface area contributed by atoms with Gasteiger partial charge in [-0.3, -0.25) is 0 Å². The minimum Gasteiger partial charge on any atom is -0.383 e. The number of piperidine rings is 1. The average molecular weight is 261 g/mol. The molecule has 0 aromatic carbocycles. The second kappa shape index (κ2) is 5.96. The number of aromatic nitrogens is 2. The average Bonchev–Trinajstić information content (AvgIpc) is 2.74. The fraction of sp³-hybridized carbons (Fsp3) is 0.714. The number of nitrogens with zero attached hydrogens (tertiary/aromatic N) is 4. The van der Waals surface area contributed by atoms with E-state index in [0.29, 0.717) is 17.3 Å². The highest BCUT2D eigenvalue weighted by Gasteiger charge is 2.22. The number of nitriles is 1. The van der Waals surface area contributed by atoms with Crippen LogP contribution in [0.5, 0.6) is 0 Å². The van der Waals surface area contributed by atoms with Gasteiger partial charge in [0.2, 0.25) is 0 Å². The van der Waals surface area contributed by atoms with Crippen LogP contribution in [0.15, 0.2) is 0 Å². The number of hydrogen-bond acceptors (Lipinski definition) is 4. The quantitative estimate of drug-likeness (QED) is 0.903. The number of rotatable bonds is 4. The molecule has 1 aliphatic heterocycles. The van der Waals surface area contributed by atoms with Gasteiger partial charge in [0.25, 0.3) is 0 Å². The smallest absolute Gasteiger partial charge is 0.170 e. The largest absolute Gasteiger partial charge is 0.383 e. The Bertz CT molecular complexity index is 463. The van der Waals surface area contributed by atoms with E-state index in [-0.39, 0.29) is 0 Å². The summed E-state index contributed by atoms with van der Waals surface area (Å²) in [6.07, 6.45) is 4.63. The normalized spacial score (nSPS) is 15.8. The van der Waals surface area contributed by atoms with Crippen LogP contribution in [0.2, 0.25) is 0 Å². The van der Waals surface area contributed by atoms with E-state index in [1.165, 1.54) is 19.3 Å². The molecule has 1 fully saturated rings. The Balaban J connectivity index is 2.22. The topological polar surface area (TPSA) is 70.9 Å². The second-order valence-corrected chi connectivity index (χ2v) is 5.65. The highest BCUT2D eigenvalue weighted by molar-refractivity contribution is 5.65. The van der Waals surface area contributed by atoms with Crippen LogP contribution in [-0.2, 0) is 6.54 Å². The van der Waals surface area contributed by atoms with Crippen LogP contribution in [0, 0.1) is 17.2 Å². The van der Waals surface area contributed by atoms with Crippen molar-refractivity contribution >= 4 is 11.6 Å². The van der Waals surface area contributed by atoms with E-state index < -0.39 is 0 Å². The van der Waals surface area contributed by atoms with E-state index in [4.69, 9.17) is 5.73 Å². The number of hydrogen-bond donors (Lipinski definition) is 1. The minimum absolute atomic E-state index is 0.517. The zero-order chi connectivity index (χ0) is 13.8. The van der Waals surface area contributed by atoms with Gasteiger partial charge in [-0.1, -0.05) is 13.8 Å². The lowest BCUT2D eigenvalue weighted by Gasteiger charge is -2.26. The van der Waals surface area contributed by atoms with E-state index in [9.17, 15) is 5.26 Å². The van der Waals surface area contributed by atoms with Gasteiger partial charge in [0.1, 0.15) is 17.5 Å². The molecule has 1 aromatic heterocycles. The molecule has 2 heterocycles. The molecule has 19 heavy (non-hydrogen) atoms. The van der Waals surface area contributed by atoms with Crippen molar-refractivity contribution in [3.63, 3.8) is 0 Å². The Morgan fingerprint density at radius 3 is 2.58 bits per heavy atom. The molecule has 5 heteroatoms. The Kier molecular flexibility index (Phi) is 4.31. The van der Waals surface area contributed by atoms with Crippen molar-refractivity contribution in [1.29, 1.82) is 5.26 Å². The van der Waals surface area contributed by atoms with Crippen molar-refractivity contribution in [2.24, 2.45) is 5.92 Å². The third kappa shape index (κ3) is 3.01. The highest BCUT2D eigenvalue weighted by atomic mass is 15.4. The molecule has 0 unspecified atom stereocenters. The number of nitrogens with two attached hydrogens (primary N) is 1. The molecule has 1 saturated heterocycles. The SMILES string of the molecule is CC(C)CCn1nc(N2CCCCC2)c(C#N)c1N. The van der Waals surface area contributed by atoms with E-state index >= 15 is 0 Å². The summed E-state index contributed by atoms with van der Waals surface area (Å²) in [5, 5.41) is 13.9. The van der Waals surface area contributed by atoms with Gasteiger partial charge in [0.05, 0.1) is 0 Å². The first-order valence-corrected chi connectivity index (χ1v) is 7.14. The summed E-state index contributed by atoms with van der Waals surface area (Å²) in [6.45, 7) is 7.10. The van der Waals surface area contributed by atoms with E-state index in [0.717, 1.165) is 31.9 Å². The molecule has 0 radical (unpaired) electrons. The van der Waals surface area contributed by atoms with Crippen LogP contribution >= 0.6 is 0 Å². The molecule has 0 spiro atoms. The molecule has 2 rings (SSSR count). The van der Waals surface area contributed by atoms with Crippen molar-refractivity contribution < 1.29 is 0 Å². The maximum Gasteiger partial charge on any atom is 0.170 e. The molecule has 5 nitrogen and oxygen atoms in total. The van der Waals surface area contributed by atoms with Crippen LogP contribution in [0.1, 0.15) is 45.1 Å². The monoisotopic (exact) mass is 261 g/mol. The summed E-state index contributed by atoms with van der Waals surface area (Å²) in [5.41, 5.74) is 6.61. The lowest BCUT2D eigenvalue weighted by Crippen LogP contribution is -2.30. The van der Waals surface area contributed by atoms with Crippen molar-refractivity contribution in [2.45, 2.75) is 46.1 Å². The molecule has 1 aromatic rings. The lowest BCUT2D eigenvalue weighted by molar-refractivity contribution is 0.488. The maximum absolute atomic E-state index is 9.31. The van der Waals surface area contributed by atoms with E-state index in [1.54, 1.807) is 4.68 Å². The van der Waals surface area contributed by atoms with Gasteiger partial charge in [-0.2, -0.15) is 10.4 Å². The lowest BCUT2D eigenvalue weighted by atomic mass is 10.1. The first-order chi connectivity index (χ1) is 9.13. The summed E-state index contributed by atoms with van der Waals surface area (Å²) in [4.78, 5) is 2.20. The van der Waals surface area contributed by atoms with Gasteiger partial charge in [-0.05, 0) is 31.6 Å². The molecule has 0 saturated carbocycles. The molecule has 2 N–H and O–H groups in total. The maximum atomic E-state index is 9.31.